The molecule has 1 amide bonds. The summed E-state index contributed by atoms with van der Waals surface area (Å²) in [5, 5.41) is 3.49. The fourth-order valence-electron chi connectivity index (χ4n) is 4.90. The van der Waals surface area contributed by atoms with Gasteiger partial charge in [-0.25, -0.2) is 13.1 Å². The second kappa shape index (κ2) is 11.6. The summed E-state index contributed by atoms with van der Waals surface area (Å²) < 4.78 is 34.7. The monoisotopic (exact) mass is 566 g/mol. The molecule has 0 spiro atoms. The molecule has 5 rings (SSSR count). The second-order valence-corrected chi connectivity index (χ2v) is 12.2. The van der Waals surface area contributed by atoms with Gasteiger partial charge in [-0.2, -0.15) is 0 Å². The van der Waals surface area contributed by atoms with Crippen LogP contribution in [0.3, 0.4) is 0 Å². The topological polar surface area (TPSA) is 100 Å². The molecule has 3 aromatic carbocycles. The van der Waals surface area contributed by atoms with Gasteiger partial charge < -0.3 is 15.0 Å². The molecule has 0 radical (unpaired) electrons. The van der Waals surface area contributed by atoms with Gasteiger partial charge in [-0.1, -0.05) is 48.0 Å². The SMILES string of the molecule is CN(C)Cc1ccc(N=C(c2ccccc2)C2C(=O)Nc3ccc(S(=O)(=O)NC4CCOCC4)cc32)cc1Cl. The van der Waals surface area contributed by atoms with Crippen LogP contribution in [0.2, 0.25) is 5.02 Å². The van der Waals surface area contributed by atoms with Gasteiger partial charge in [-0.15, -0.1) is 0 Å². The number of anilines is 1. The van der Waals surface area contributed by atoms with Gasteiger partial charge in [0.15, 0.2) is 0 Å². The van der Waals surface area contributed by atoms with Crippen molar-refractivity contribution in [2.75, 3.05) is 32.6 Å². The third kappa shape index (κ3) is 6.23. The van der Waals surface area contributed by atoms with Gasteiger partial charge in [0.05, 0.1) is 16.3 Å². The van der Waals surface area contributed by atoms with Crippen molar-refractivity contribution in [2.24, 2.45) is 4.99 Å². The number of ether oxygens (including phenoxy) is 1. The first kappa shape index (κ1) is 27.5. The summed E-state index contributed by atoms with van der Waals surface area (Å²) in [4.78, 5) is 20.4. The van der Waals surface area contributed by atoms with Crippen LogP contribution in [0, 0.1) is 0 Å². The number of benzene rings is 3. The Morgan fingerprint density at radius 1 is 1.08 bits per heavy atom. The standard InChI is InChI=1S/C29H31ClN4O4S/c1-34(2)18-20-8-9-22(16-25(20)30)31-28(19-6-4-3-5-7-19)27-24-17-23(10-11-26(24)32-29(27)35)39(36,37)33-21-12-14-38-15-13-21/h3-11,16-17,21,27,33H,12-15,18H2,1-2H3,(H,32,35). The fraction of sp³-hybridized carbons (Fsp3) is 0.310. The van der Waals surface area contributed by atoms with Gasteiger partial charge >= 0.3 is 0 Å². The Hall–Kier alpha value is -3.08. The molecule has 0 bridgehead atoms. The molecule has 0 aromatic heterocycles. The second-order valence-electron chi connectivity index (χ2n) is 10.1. The quantitative estimate of drug-likeness (QED) is 0.384. The molecule has 1 atom stereocenters. The van der Waals surface area contributed by atoms with Crippen LogP contribution in [0.15, 0.2) is 76.6 Å². The lowest BCUT2D eigenvalue weighted by atomic mass is 9.90. The average Bonchev–Trinajstić information content (AvgIpc) is 3.24. The first-order valence-electron chi connectivity index (χ1n) is 12.8. The van der Waals surface area contributed by atoms with Crippen molar-refractivity contribution in [3.63, 3.8) is 0 Å². The summed E-state index contributed by atoms with van der Waals surface area (Å²) in [5.74, 6) is -1.07. The number of aliphatic imine (C=N–C) groups is 1. The molecule has 39 heavy (non-hydrogen) atoms. The molecular weight excluding hydrogens is 536 g/mol. The maximum absolute atomic E-state index is 13.4. The van der Waals surface area contributed by atoms with Crippen LogP contribution < -0.4 is 10.0 Å². The molecule has 2 aliphatic rings. The van der Waals surface area contributed by atoms with Crippen molar-refractivity contribution < 1.29 is 17.9 Å². The zero-order valence-corrected chi connectivity index (χ0v) is 23.4. The number of amides is 1. The first-order valence-corrected chi connectivity index (χ1v) is 14.7. The highest BCUT2D eigenvalue weighted by Gasteiger charge is 2.37. The number of sulfonamides is 1. The highest BCUT2D eigenvalue weighted by atomic mass is 35.5. The first-order chi connectivity index (χ1) is 18.7. The molecule has 204 valence electrons. The van der Waals surface area contributed by atoms with E-state index in [9.17, 15) is 13.2 Å². The minimum atomic E-state index is -3.80. The molecule has 0 aliphatic carbocycles. The van der Waals surface area contributed by atoms with Crippen LogP contribution in [0.5, 0.6) is 0 Å². The van der Waals surface area contributed by atoms with Gasteiger partial charge in [0.25, 0.3) is 0 Å². The largest absolute Gasteiger partial charge is 0.381 e. The lowest BCUT2D eigenvalue weighted by molar-refractivity contribution is -0.115. The lowest BCUT2D eigenvalue weighted by Gasteiger charge is -2.23. The lowest BCUT2D eigenvalue weighted by Crippen LogP contribution is -2.38. The van der Waals surface area contributed by atoms with Crippen molar-refractivity contribution in [2.45, 2.75) is 36.2 Å². The van der Waals surface area contributed by atoms with Crippen molar-refractivity contribution >= 4 is 44.6 Å². The van der Waals surface area contributed by atoms with E-state index in [-0.39, 0.29) is 16.8 Å². The predicted molar refractivity (Wildman–Crippen MR) is 153 cm³/mol. The van der Waals surface area contributed by atoms with Gasteiger partial charge in [0.2, 0.25) is 15.9 Å². The third-order valence-corrected chi connectivity index (χ3v) is 8.69. The zero-order valence-electron chi connectivity index (χ0n) is 21.9. The smallest absolute Gasteiger partial charge is 0.240 e. The zero-order chi connectivity index (χ0) is 27.6. The Labute approximate surface area is 234 Å². The minimum Gasteiger partial charge on any atom is -0.381 e. The Morgan fingerprint density at radius 3 is 2.51 bits per heavy atom. The number of rotatable bonds is 8. The highest BCUT2D eigenvalue weighted by Crippen LogP contribution is 2.38. The van der Waals surface area contributed by atoms with Crippen LogP contribution in [0.1, 0.15) is 35.4 Å². The Balaban J connectivity index is 1.55. The van der Waals surface area contributed by atoms with E-state index in [4.69, 9.17) is 21.3 Å². The molecule has 1 saturated heterocycles. The molecule has 2 heterocycles. The van der Waals surface area contributed by atoms with E-state index >= 15 is 0 Å². The van der Waals surface area contributed by atoms with Crippen LogP contribution in [-0.2, 0) is 26.1 Å². The number of carbonyl (C=O) groups is 1. The van der Waals surface area contributed by atoms with Crippen molar-refractivity contribution in [3.8, 4) is 0 Å². The molecule has 1 fully saturated rings. The number of nitrogens with one attached hydrogen (secondary N) is 2. The van der Waals surface area contributed by atoms with Crippen LogP contribution in [-0.4, -0.2) is 58.3 Å². The summed E-state index contributed by atoms with van der Waals surface area (Å²) in [7, 11) is 0.146. The normalized spacial score (nSPS) is 18.3. The third-order valence-electron chi connectivity index (χ3n) is 6.82. The van der Waals surface area contributed by atoms with E-state index in [2.05, 4.69) is 10.0 Å². The number of fused-ring (bicyclic) bond motifs is 1. The Kier molecular flexibility index (Phi) is 8.16. The number of hydrogen-bond acceptors (Lipinski definition) is 6. The van der Waals surface area contributed by atoms with Gasteiger partial charge in [0.1, 0.15) is 5.92 Å². The van der Waals surface area contributed by atoms with E-state index < -0.39 is 15.9 Å². The molecule has 8 nitrogen and oxygen atoms in total. The molecule has 2 N–H and O–H groups in total. The molecule has 3 aromatic rings. The molecule has 10 heteroatoms. The van der Waals surface area contributed by atoms with Crippen molar-refractivity contribution in [3.05, 3.63) is 88.4 Å². The Morgan fingerprint density at radius 2 is 1.82 bits per heavy atom. The maximum Gasteiger partial charge on any atom is 0.240 e. The highest BCUT2D eigenvalue weighted by molar-refractivity contribution is 7.89. The van der Waals surface area contributed by atoms with Crippen LogP contribution >= 0.6 is 11.6 Å². The van der Waals surface area contributed by atoms with Crippen LogP contribution in [0.4, 0.5) is 11.4 Å². The molecular formula is C29H31ClN4O4S. The van der Waals surface area contributed by atoms with E-state index in [1.807, 2.05) is 61.5 Å². The van der Waals surface area contributed by atoms with E-state index in [1.165, 1.54) is 6.07 Å². The van der Waals surface area contributed by atoms with E-state index in [0.717, 1.165) is 11.1 Å². The van der Waals surface area contributed by atoms with Gasteiger partial charge in [0, 0.05) is 36.5 Å². The number of carbonyl (C=O) groups excluding carboxylic acids is 1. The van der Waals surface area contributed by atoms with Crippen LogP contribution in [0.25, 0.3) is 0 Å². The molecule has 1 unspecified atom stereocenters. The molecule has 2 aliphatic heterocycles. The van der Waals surface area contributed by atoms with E-state index in [0.29, 0.717) is 60.3 Å². The van der Waals surface area contributed by atoms with Gasteiger partial charge in [-0.3, -0.25) is 9.79 Å². The predicted octanol–water partition coefficient (Wildman–Crippen LogP) is 4.72. The summed E-state index contributed by atoms with van der Waals surface area (Å²) >= 11 is 6.57. The average molecular weight is 567 g/mol. The Bertz CT molecular complexity index is 1500. The van der Waals surface area contributed by atoms with Gasteiger partial charge in [-0.05, 0) is 74.0 Å². The number of halogens is 1. The van der Waals surface area contributed by atoms with Crippen molar-refractivity contribution in [1.82, 2.24) is 9.62 Å². The summed E-state index contributed by atoms with van der Waals surface area (Å²) in [6.07, 6.45) is 1.24. The molecule has 0 saturated carbocycles. The number of nitrogens with zero attached hydrogens (tertiary/aromatic N) is 2. The maximum atomic E-state index is 13.4. The van der Waals surface area contributed by atoms with E-state index in [1.54, 1.807) is 18.2 Å². The van der Waals surface area contributed by atoms with Crippen molar-refractivity contribution in [1.29, 1.82) is 0 Å². The number of hydrogen-bond donors (Lipinski definition) is 2. The minimum absolute atomic E-state index is 0.109. The summed E-state index contributed by atoms with van der Waals surface area (Å²) in [6, 6.07) is 19.6. The summed E-state index contributed by atoms with van der Waals surface area (Å²) in [5.41, 5.74) is 3.97. The fourth-order valence-corrected chi connectivity index (χ4v) is 6.47. The summed E-state index contributed by atoms with van der Waals surface area (Å²) in [6.45, 7) is 1.73.